The number of hydrogen-bond donors (Lipinski definition) is 1. The van der Waals surface area contributed by atoms with Gasteiger partial charge in [-0.05, 0) is 73.9 Å². The summed E-state index contributed by atoms with van der Waals surface area (Å²) in [6.07, 6.45) is 2.07. The number of methoxy groups -OCH3 is 2. The molecule has 3 aromatic carbocycles. The molecule has 0 fully saturated rings. The number of amides is 2. The minimum atomic E-state index is -4.15. The van der Waals surface area contributed by atoms with Crippen molar-refractivity contribution in [1.82, 2.24) is 10.2 Å². The van der Waals surface area contributed by atoms with Crippen molar-refractivity contribution in [3.63, 3.8) is 0 Å². The van der Waals surface area contributed by atoms with Gasteiger partial charge in [0.2, 0.25) is 11.8 Å². The van der Waals surface area contributed by atoms with E-state index in [4.69, 9.17) is 9.47 Å². The number of sulfonamides is 1. The Morgan fingerprint density at radius 2 is 1.57 bits per heavy atom. The number of carbonyl (C=O) groups excluding carboxylic acids is 2. The molecule has 10 heteroatoms. The maximum absolute atomic E-state index is 14.2. The minimum Gasteiger partial charge on any atom is -0.497 e. The van der Waals surface area contributed by atoms with Gasteiger partial charge in [-0.3, -0.25) is 13.9 Å². The van der Waals surface area contributed by atoms with Gasteiger partial charge in [-0.1, -0.05) is 50.1 Å². The lowest BCUT2D eigenvalue weighted by atomic mass is 10.1. The largest absolute Gasteiger partial charge is 0.497 e. The molecule has 0 aromatic heterocycles. The zero-order valence-corrected chi connectivity index (χ0v) is 25.8. The van der Waals surface area contributed by atoms with Crippen LogP contribution in [0.3, 0.4) is 0 Å². The number of nitrogens with zero attached hydrogens (tertiary/aromatic N) is 2. The first-order valence-corrected chi connectivity index (χ1v) is 15.5. The molecule has 0 unspecified atom stereocenters. The van der Waals surface area contributed by atoms with E-state index in [-0.39, 0.29) is 17.3 Å². The first-order chi connectivity index (χ1) is 20.1. The van der Waals surface area contributed by atoms with Crippen LogP contribution in [0.4, 0.5) is 5.69 Å². The van der Waals surface area contributed by atoms with E-state index in [2.05, 4.69) is 5.32 Å². The summed E-state index contributed by atoms with van der Waals surface area (Å²) in [7, 11) is -1.07. The Labute approximate surface area is 249 Å². The third-order valence-electron chi connectivity index (χ3n) is 6.95. The fourth-order valence-electron chi connectivity index (χ4n) is 4.51. The van der Waals surface area contributed by atoms with E-state index >= 15 is 0 Å². The molecule has 2 amide bonds. The highest BCUT2D eigenvalue weighted by molar-refractivity contribution is 7.92. The Balaban J connectivity index is 2.05. The molecule has 0 heterocycles. The number of anilines is 1. The van der Waals surface area contributed by atoms with Crippen molar-refractivity contribution in [2.75, 3.05) is 31.6 Å². The van der Waals surface area contributed by atoms with E-state index in [9.17, 15) is 18.0 Å². The number of carbonyl (C=O) groups is 2. The number of ether oxygens (including phenoxy) is 2. The van der Waals surface area contributed by atoms with Gasteiger partial charge in [0.15, 0.2) is 0 Å². The second-order valence-electron chi connectivity index (χ2n) is 9.96. The average molecular weight is 596 g/mol. The summed E-state index contributed by atoms with van der Waals surface area (Å²) in [6.45, 7) is 5.81. The number of hydrogen-bond acceptors (Lipinski definition) is 6. The molecule has 3 aromatic rings. The van der Waals surface area contributed by atoms with Crippen molar-refractivity contribution in [2.24, 2.45) is 0 Å². The van der Waals surface area contributed by atoms with Gasteiger partial charge in [0, 0.05) is 13.1 Å². The van der Waals surface area contributed by atoms with Crippen molar-refractivity contribution in [2.45, 2.75) is 57.5 Å². The average Bonchev–Trinajstić information content (AvgIpc) is 3.00. The Kier molecular flexibility index (Phi) is 11.8. The normalized spacial score (nSPS) is 11.8. The Bertz CT molecular complexity index is 1430. The molecule has 0 bridgehead atoms. The first kappa shape index (κ1) is 32.5. The maximum Gasteiger partial charge on any atom is 0.264 e. The third-order valence-corrected chi connectivity index (χ3v) is 8.74. The summed E-state index contributed by atoms with van der Waals surface area (Å²) >= 11 is 0. The zero-order chi connectivity index (χ0) is 30.7. The quantitative estimate of drug-likeness (QED) is 0.250. The SMILES string of the molecule is CCCCNC(=O)[C@@H](CC)N(Cc1cccc(OC)c1)C(=O)CN(c1ccc(OC)cc1)S(=O)(=O)c1ccc(C)cc1. The molecule has 0 saturated carbocycles. The standard InChI is InChI=1S/C32H41N3O6S/c1-6-8-20-33-32(37)30(7-2)34(22-25-10-9-11-28(21-25)41-5)31(36)23-35(26-14-16-27(40-4)17-15-26)42(38,39)29-18-12-24(3)13-19-29/h9-19,21,30H,6-8,20,22-23H2,1-5H3,(H,33,37)/t30-/m1/s1. The van der Waals surface area contributed by atoms with Crippen molar-refractivity contribution in [3.05, 3.63) is 83.9 Å². The molecule has 0 saturated heterocycles. The molecule has 0 aliphatic carbocycles. The number of benzene rings is 3. The second-order valence-corrected chi connectivity index (χ2v) is 11.8. The monoisotopic (exact) mass is 595 g/mol. The van der Waals surface area contributed by atoms with Crippen LogP contribution in [-0.4, -0.2) is 58.5 Å². The molecule has 0 spiro atoms. The molecule has 1 atom stereocenters. The first-order valence-electron chi connectivity index (χ1n) is 14.1. The van der Waals surface area contributed by atoms with Gasteiger partial charge in [0.25, 0.3) is 10.0 Å². The highest BCUT2D eigenvalue weighted by atomic mass is 32.2. The molecule has 0 radical (unpaired) electrons. The molecule has 0 aliphatic rings. The lowest BCUT2D eigenvalue weighted by molar-refractivity contribution is -0.140. The predicted molar refractivity (Wildman–Crippen MR) is 164 cm³/mol. The molecular weight excluding hydrogens is 554 g/mol. The van der Waals surface area contributed by atoms with E-state index in [0.717, 1.165) is 28.3 Å². The molecule has 226 valence electrons. The van der Waals surface area contributed by atoms with Crippen LogP contribution >= 0.6 is 0 Å². The number of rotatable bonds is 15. The van der Waals surface area contributed by atoms with Gasteiger partial charge < -0.3 is 19.7 Å². The minimum absolute atomic E-state index is 0.0559. The van der Waals surface area contributed by atoms with Crippen molar-refractivity contribution in [1.29, 1.82) is 0 Å². The fraction of sp³-hybridized carbons (Fsp3) is 0.375. The van der Waals surface area contributed by atoms with Gasteiger partial charge in [-0.25, -0.2) is 8.42 Å². The lowest BCUT2D eigenvalue weighted by Gasteiger charge is -2.33. The van der Waals surface area contributed by atoms with E-state index in [1.54, 1.807) is 55.6 Å². The Morgan fingerprint density at radius 3 is 2.17 bits per heavy atom. The number of aryl methyl sites for hydroxylation is 1. The van der Waals surface area contributed by atoms with E-state index < -0.39 is 28.5 Å². The summed E-state index contributed by atoms with van der Waals surface area (Å²) in [4.78, 5) is 29.0. The molecule has 42 heavy (non-hydrogen) atoms. The molecule has 0 aliphatic heterocycles. The third kappa shape index (κ3) is 8.25. The maximum atomic E-state index is 14.2. The fourth-order valence-corrected chi connectivity index (χ4v) is 5.92. The van der Waals surface area contributed by atoms with Crippen LogP contribution in [0.15, 0.2) is 77.7 Å². The summed E-state index contributed by atoms with van der Waals surface area (Å²) < 4.78 is 39.6. The van der Waals surface area contributed by atoms with E-state index in [1.165, 1.54) is 24.1 Å². The molecule has 1 N–H and O–H groups in total. The van der Waals surface area contributed by atoms with Crippen LogP contribution in [0.1, 0.15) is 44.2 Å². The van der Waals surface area contributed by atoms with E-state index in [0.29, 0.717) is 30.2 Å². The molecule has 9 nitrogen and oxygen atoms in total. The molecule has 3 rings (SSSR count). The highest BCUT2D eigenvalue weighted by Gasteiger charge is 2.33. The van der Waals surface area contributed by atoms with Crippen LogP contribution in [0, 0.1) is 6.92 Å². The van der Waals surface area contributed by atoms with Crippen LogP contribution in [0.2, 0.25) is 0 Å². The summed E-state index contributed by atoms with van der Waals surface area (Å²) in [6, 6.07) is 19.4. The Morgan fingerprint density at radius 1 is 0.905 bits per heavy atom. The van der Waals surface area contributed by atoms with Gasteiger partial charge >= 0.3 is 0 Å². The van der Waals surface area contributed by atoms with Crippen LogP contribution in [0.25, 0.3) is 0 Å². The topological polar surface area (TPSA) is 105 Å². The van der Waals surface area contributed by atoms with Crippen molar-refractivity contribution in [3.8, 4) is 11.5 Å². The predicted octanol–water partition coefficient (Wildman–Crippen LogP) is 4.93. The Hall–Kier alpha value is -4.05. The van der Waals surface area contributed by atoms with Crippen molar-refractivity contribution >= 4 is 27.5 Å². The van der Waals surface area contributed by atoms with Gasteiger partial charge in [0.1, 0.15) is 24.1 Å². The van der Waals surface area contributed by atoms with Crippen molar-refractivity contribution < 1.29 is 27.5 Å². The van der Waals surface area contributed by atoms with Gasteiger partial charge in [0.05, 0.1) is 24.8 Å². The molecular formula is C32H41N3O6S. The summed E-state index contributed by atoms with van der Waals surface area (Å²) in [5, 5.41) is 2.93. The van der Waals surface area contributed by atoms with E-state index in [1.807, 2.05) is 32.9 Å². The van der Waals surface area contributed by atoms with Crippen LogP contribution in [-0.2, 0) is 26.2 Å². The van der Waals surface area contributed by atoms with Crippen LogP contribution < -0.4 is 19.1 Å². The number of unbranched alkanes of at least 4 members (excludes halogenated alkanes) is 1. The summed E-state index contributed by atoms with van der Waals surface area (Å²) in [5.41, 5.74) is 1.96. The smallest absolute Gasteiger partial charge is 0.264 e. The van der Waals surface area contributed by atoms with Crippen LogP contribution in [0.5, 0.6) is 11.5 Å². The summed E-state index contributed by atoms with van der Waals surface area (Å²) in [5.74, 6) is 0.371. The van der Waals surface area contributed by atoms with Gasteiger partial charge in [-0.15, -0.1) is 0 Å². The lowest BCUT2D eigenvalue weighted by Crippen LogP contribution is -2.52. The zero-order valence-electron chi connectivity index (χ0n) is 25.0. The highest BCUT2D eigenvalue weighted by Crippen LogP contribution is 2.27. The second kappa shape index (κ2) is 15.3. The number of nitrogens with one attached hydrogen (secondary N) is 1. The van der Waals surface area contributed by atoms with Gasteiger partial charge in [-0.2, -0.15) is 0 Å².